The summed E-state index contributed by atoms with van der Waals surface area (Å²) in [7, 11) is 3.38. The van der Waals surface area contributed by atoms with Crippen LogP contribution in [0.15, 0.2) is 90.5 Å². The Balaban J connectivity index is 0.000000556. The zero-order chi connectivity index (χ0) is 25.7. The Morgan fingerprint density at radius 2 is 1.61 bits per heavy atom. The molecule has 0 atom stereocenters. The van der Waals surface area contributed by atoms with E-state index < -0.39 is 5.97 Å². The van der Waals surface area contributed by atoms with Crippen LogP contribution in [-0.4, -0.2) is 41.0 Å². The van der Waals surface area contributed by atoms with Gasteiger partial charge in [0.2, 0.25) is 6.41 Å². The van der Waals surface area contributed by atoms with Gasteiger partial charge in [-0.1, -0.05) is 42.5 Å². The van der Waals surface area contributed by atoms with Crippen molar-refractivity contribution in [2.75, 3.05) is 14.1 Å². The van der Waals surface area contributed by atoms with Crippen LogP contribution in [-0.2, 0) is 9.59 Å². The molecule has 178 valence electrons. The highest BCUT2D eigenvalue weighted by Gasteiger charge is 2.14. The molecule has 0 aliphatic heterocycles. The van der Waals surface area contributed by atoms with Crippen LogP contribution in [0.4, 0.5) is 0 Å². The number of carbonyl (C=O) groups is 2. The van der Waals surface area contributed by atoms with Crippen molar-refractivity contribution in [3.05, 3.63) is 95.4 Å². The topological polar surface area (TPSA) is 86.3 Å². The highest BCUT2D eigenvalue weighted by atomic mass is 32.1. The Bertz CT molecular complexity index is 1620. The van der Waals surface area contributed by atoms with Crippen LogP contribution in [0.5, 0.6) is 0 Å². The summed E-state index contributed by atoms with van der Waals surface area (Å²) in [6.45, 7) is 0. The first-order valence-electron chi connectivity index (χ1n) is 11.1. The number of amides is 1. The second kappa shape index (κ2) is 10.7. The highest BCUT2D eigenvalue weighted by molar-refractivity contribution is 7.16. The molecule has 3 aromatic carbocycles. The number of carboxylic acids is 1. The summed E-state index contributed by atoms with van der Waals surface area (Å²) in [6, 6.07) is 30.6. The minimum Gasteiger partial charge on any atom is -0.477 e. The number of fused-ring (bicyclic) bond motifs is 3. The van der Waals surface area contributed by atoms with Crippen molar-refractivity contribution in [1.29, 1.82) is 5.26 Å². The van der Waals surface area contributed by atoms with Gasteiger partial charge in [0.15, 0.2) is 0 Å². The van der Waals surface area contributed by atoms with Gasteiger partial charge in [0.05, 0.1) is 11.0 Å². The minimum atomic E-state index is -1.22. The number of rotatable bonds is 5. The van der Waals surface area contributed by atoms with E-state index in [4.69, 9.17) is 10.4 Å². The Hall–Kier alpha value is -4.67. The van der Waals surface area contributed by atoms with Crippen molar-refractivity contribution in [2.45, 2.75) is 0 Å². The molecule has 7 heteroatoms. The molecule has 2 heterocycles. The van der Waals surface area contributed by atoms with Crippen molar-refractivity contribution < 1.29 is 14.7 Å². The van der Waals surface area contributed by atoms with Crippen molar-refractivity contribution in [2.24, 2.45) is 0 Å². The third-order valence-corrected chi connectivity index (χ3v) is 6.53. The van der Waals surface area contributed by atoms with Crippen LogP contribution in [0, 0.1) is 11.3 Å². The standard InChI is InChI=1S/C26H16N2O2S.C3H7NO/c27-16-18(26(29)30)14-20-11-13-25(31-20)17-10-12-24-22(15-17)21-8-4-5-9-23(21)28(24)19-6-2-1-3-7-19;1-4(2)3-5/h1-15H,(H,29,30);3H,1-2H3/b18-14+;. The molecule has 0 radical (unpaired) electrons. The van der Waals surface area contributed by atoms with E-state index >= 15 is 0 Å². The van der Waals surface area contributed by atoms with Gasteiger partial charge in [0, 0.05) is 40.3 Å². The fourth-order valence-corrected chi connectivity index (χ4v) is 4.80. The Morgan fingerprint density at radius 3 is 2.28 bits per heavy atom. The van der Waals surface area contributed by atoms with Gasteiger partial charge in [-0.3, -0.25) is 4.79 Å². The molecule has 0 saturated heterocycles. The van der Waals surface area contributed by atoms with Gasteiger partial charge in [-0.15, -0.1) is 11.3 Å². The van der Waals surface area contributed by atoms with Crippen LogP contribution in [0.2, 0.25) is 0 Å². The number of nitriles is 1. The second-order valence-electron chi connectivity index (χ2n) is 8.17. The zero-order valence-corrected chi connectivity index (χ0v) is 20.6. The predicted molar refractivity (Wildman–Crippen MR) is 145 cm³/mol. The normalized spacial score (nSPS) is 11.0. The number of carbonyl (C=O) groups excluding carboxylic acids is 1. The van der Waals surface area contributed by atoms with E-state index in [9.17, 15) is 9.59 Å². The van der Waals surface area contributed by atoms with E-state index in [1.165, 1.54) is 27.7 Å². The van der Waals surface area contributed by atoms with Gasteiger partial charge in [-0.25, -0.2) is 4.79 Å². The van der Waals surface area contributed by atoms with Crippen LogP contribution >= 0.6 is 11.3 Å². The Kier molecular flexibility index (Phi) is 7.28. The summed E-state index contributed by atoms with van der Waals surface area (Å²) in [6.07, 6.45) is 2.16. The lowest BCUT2D eigenvalue weighted by Gasteiger charge is -2.07. The number of nitrogens with zero attached hydrogens (tertiary/aromatic N) is 3. The van der Waals surface area contributed by atoms with Crippen LogP contribution in [0.1, 0.15) is 4.88 Å². The third kappa shape index (κ3) is 5.04. The fourth-order valence-electron chi connectivity index (χ4n) is 3.85. The summed E-state index contributed by atoms with van der Waals surface area (Å²) in [5.74, 6) is -1.22. The number of hydrogen-bond donors (Lipinski definition) is 1. The predicted octanol–water partition coefficient (Wildman–Crippen LogP) is 6.21. The third-order valence-electron chi connectivity index (χ3n) is 5.45. The Morgan fingerprint density at radius 1 is 0.944 bits per heavy atom. The molecule has 0 bridgehead atoms. The Labute approximate surface area is 212 Å². The van der Waals surface area contributed by atoms with E-state index in [0.717, 1.165) is 43.8 Å². The molecule has 6 nitrogen and oxygen atoms in total. The van der Waals surface area contributed by atoms with Gasteiger partial charge in [0.1, 0.15) is 11.6 Å². The minimum absolute atomic E-state index is 0.269. The first kappa shape index (κ1) is 24.5. The van der Waals surface area contributed by atoms with Crippen molar-refractivity contribution >= 4 is 51.6 Å². The summed E-state index contributed by atoms with van der Waals surface area (Å²) >= 11 is 1.47. The molecule has 2 aromatic heterocycles. The smallest absolute Gasteiger partial charge is 0.346 e. The van der Waals surface area contributed by atoms with E-state index in [-0.39, 0.29) is 5.57 Å². The summed E-state index contributed by atoms with van der Waals surface area (Å²) in [5, 5.41) is 20.4. The number of carboxylic acid groups (broad SMARTS) is 1. The van der Waals surface area contributed by atoms with Crippen molar-refractivity contribution in [3.63, 3.8) is 0 Å². The number of benzene rings is 3. The molecule has 1 N–H and O–H groups in total. The first-order valence-corrected chi connectivity index (χ1v) is 11.9. The fraction of sp³-hybridized carbons (Fsp3) is 0.0690. The van der Waals surface area contributed by atoms with Crippen LogP contribution in [0.25, 0.3) is 44.0 Å². The molecule has 36 heavy (non-hydrogen) atoms. The molecular weight excluding hydrogens is 470 g/mol. The molecule has 5 aromatic rings. The maximum Gasteiger partial charge on any atom is 0.346 e. The van der Waals surface area contributed by atoms with Crippen LogP contribution in [0.3, 0.4) is 0 Å². The van der Waals surface area contributed by atoms with Gasteiger partial charge >= 0.3 is 5.97 Å². The molecular formula is C29H23N3O3S. The quantitative estimate of drug-likeness (QED) is 0.179. The lowest BCUT2D eigenvalue weighted by atomic mass is 10.1. The van der Waals surface area contributed by atoms with Gasteiger partial charge < -0.3 is 14.6 Å². The monoisotopic (exact) mass is 493 g/mol. The average molecular weight is 494 g/mol. The van der Waals surface area contributed by atoms with Gasteiger partial charge in [-0.05, 0) is 54.1 Å². The van der Waals surface area contributed by atoms with Gasteiger partial charge in [0.25, 0.3) is 0 Å². The molecule has 0 fully saturated rings. The average Bonchev–Trinajstić information content (AvgIpc) is 3.50. The largest absolute Gasteiger partial charge is 0.477 e. The molecule has 0 aliphatic carbocycles. The number of hydrogen-bond acceptors (Lipinski definition) is 4. The number of aromatic nitrogens is 1. The zero-order valence-electron chi connectivity index (χ0n) is 19.8. The maximum atomic E-state index is 11.1. The van der Waals surface area contributed by atoms with Crippen molar-refractivity contribution in [1.82, 2.24) is 9.47 Å². The molecule has 0 spiro atoms. The first-order chi connectivity index (χ1) is 17.4. The molecule has 0 aliphatic rings. The number of aliphatic carboxylic acids is 1. The summed E-state index contributed by atoms with van der Waals surface area (Å²) in [4.78, 5) is 23.7. The number of thiophene rings is 1. The molecule has 0 saturated carbocycles. The van der Waals surface area contributed by atoms with E-state index in [1.807, 2.05) is 36.4 Å². The number of para-hydroxylation sites is 2. The van der Waals surface area contributed by atoms with E-state index in [0.29, 0.717) is 0 Å². The van der Waals surface area contributed by atoms with Gasteiger partial charge in [-0.2, -0.15) is 5.26 Å². The molecule has 0 unspecified atom stereocenters. The summed E-state index contributed by atoms with van der Waals surface area (Å²) < 4.78 is 2.27. The van der Waals surface area contributed by atoms with E-state index in [2.05, 4.69) is 53.1 Å². The lowest BCUT2D eigenvalue weighted by molar-refractivity contribution is -0.132. The second-order valence-corrected chi connectivity index (χ2v) is 9.28. The summed E-state index contributed by atoms with van der Waals surface area (Å²) in [5.41, 5.74) is 4.18. The highest BCUT2D eigenvalue weighted by Crippen LogP contribution is 2.36. The maximum absolute atomic E-state index is 11.1. The SMILES string of the molecule is CN(C)C=O.N#C/C(=C\c1ccc(-c2ccc3c(c2)c2ccccc2n3-c2ccccc2)s1)C(=O)O. The lowest BCUT2D eigenvalue weighted by Crippen LogP contribution is -2.06. The molecule has 5 rings (SSSR count). The van der Waals surface area contributed by atoms with E-state index in [1.54, 1.807) is 20.2 Å². The van der Waals surface area contributed by atoms with Crippen LogP contribution < -0.4 is 0 Å². The molecule has 1 amide bonds. The van der Waals surface area contributed by atoms with Crippen molar-refractivity contribution in [3.8, 4) is 22.2 Å².